The molecule has 0 radical (unpaired) electrons. The molecule has 18 heavy (non-hydrogen) atoms. The summed E-state index contributed by atoms with van der Waals surface area (Å²) in [5.41, 5.74) is 9.14. The summed E-state index contributed by atoms with van der Waals surface area (Å²) in [4.78, 5) is 11.4. The molecule has 96 valence electrons. The van der Waals surface area contributed by atoms with E-state index in [1.54, 1.807) is 0 Å². The molecular weight excluding hydrogens is 228 g/mol. The summed E-state index contributed by atoms with van der Waals surface area (Å²) in [6.45, 7) is 4.27. The zero-order valence-corrected chi connectivity index (χ0v) is 10.5. The van der Waals surface area contributed by atoms with E-state index in [4.69, 9.17) is 10.5 Å². The Labute approximate surface area is 107 Å². The number of rotatable bonds is 3. The van der Waals surface area contributed by atoms with Crippen LogP contribution in [0.2, 0.25) is 0 Å². The number of amides is 1. The number of hydrogen-bond donors (Lipinski definition) is 2. The molecular formula is C14H18N2O2. The molecule has 1 saturated heterocycles. The lowest BCUT2D eigenvalue weighted by molar-refractivity contribution is -0.115. The second-order valence-corrected chi connectivity index (χ2v) is 5.38. The Bertz CT molecular complexity index is 495. The highest BCUT2D eigenvalue weighted by molar-refractivity contribution is 5.99. The largest absolute Gasteiger partial charge is 0.379 e. The van der Waals surface area contributed by atoms with Crippen molar-refractivity contribution in [2.45, 2.75) is 18.8 Å². The fourth-order valence-corrected chi connectivity index (χ4v) is 2.82. The third-order valence-corrected chi connectivity index (χ3v) is 4.32. The Kier molecular flexibility index (Phi) is 2.64. The Morgan fingerprint density at radius 1 is 1.50 bits per heavy atom. The molecule has 1 amide bonds. The van der Waals surface area contributed by atoms with Crippen LogP contribution < -0.4 is 11.1 Å². The number of carbonyl (C=O) groups excluding carboxylic acids is 1. The molecule has 0 aliphatic carbocycles. The van der Waals surface area contributed by atoms with Crippen molar-refractivity contribution in [1.29, 1.82) is 0 Å². The summed E-state index contributed by atoms with van der Waals surface area (Å²) in [5.74, 6) is 0.460. The van der Waals surface area contributed by atoms with Gasteiger partial charge in [0.15, 0.2) is 0 Å². The van der Waals surface area contributed by atoms with E-state index < -0.39 is 0 Å². The maximum atomic E-state index is 11.4. The molecule has 3 rings (SSSR count). The van der Waals surface area contributed by atoms with E-state index in [2.05, 4.69) is 24.4 Å². The van der Waals surface area contributed by atoms with Gasteiger partial charge in [-0.05, 0) is 29.7 Å². The molecule has 1 atom stereocenters. The standard InChI is InChI=1S/C14H18N2O2/c1-9(6-15)14(7-18-8-14)11-2-3-12-10(4-11)5-13(17)16-12/h2-4,9H,5-8,15H2,1H3,(H,16,17). The number of anilines is 1. The normalized spacial score (nSPS) is 22.0. The highest BCUT2D eigenvalue weighted by atomic mass is 16.5. The molecule has 4 nitrogen and oxygen atoms in total. The van der Waals surface area contributed by atoms with Gasteiger partial charge < -0.3 is 15.8 Å². The second kappa shape index (κ2) is 4.07. The summed E-state index contributed by atoms with van der Waals surface area (Å²) in [6, 6.07) is 6.24. The molecule has 1 fully saturated rings. The van der Waals surface area contributed by atoms with Crippen molar-refractivity contribution in [2.75, 3.05) is 25.1 Å². The van der Waals surface area contributed by atoms with Crippen LogP contribution in [0.1, 0.15) is 18.1 Å². The molecule has 2 aliphatic rings. The van der Waals surface area contributed by atoms with Crippen LogP contribution in [-0.2, 0) is 21.4 Å². The van der Waals surface area contributed by atoms with E-state index >= 15 is 0 Å². The molecule has 3 N–H and O–H groups in total. The van der Waals surface area contributed by atoms with E-state index in [9.17, 15) is 4.79 Å². The quantitative estimate of drug-likeness (QED) is 0.837. The number of nitrogens with two attached hydrogens (primary N) is 1. The monoisotopic (exact) mass is 246 g/mol. The lowest BCUT2D eigenvalue weighted by Gasteiger charge is -2.46. The average molecular weight is 246 g/mol. The van der Waals surface area contributed by atoms with Gasteiger partial charge >= 0.3 is 0 Å². The molecule has 1 unspecified atom stereocenters. The Balaban J connectivity index is 1.97. The minimum Gasteiger partial charge on any atom is -0.379 e. The fourth-order valence-electron chi connectivity index (χ4n) is 2.82. The molecule has 0 aromatic heterocycles. The molecule has 0 bridgehead atoms. The number of ether oxygens (including phenoxy) is 1. The second-order valence-electron chi connectivity index (χ2n) is 5.38. The van der Waals surface area contributed by atoms with Crippen molar-refractivity contribution in [3.8, 4) is 0 Å². The first kappa shape index (κ1) is 11.7. The number of benzene rings is 1. The lowest BCUT2D eigenvalue weighted by Crippen LogP contribution is -2.53. The summed E-state index contributed by atoms with van der Waals surface area (Å²) in [6.07, 6.45) is 0.483. The molecule has 1 aromatic carbocycles. The van der Waals surface area contributed by atoms with Gasteiger partial charge in [0.05, 0.1) is 19.6 Å². The van der Waals surface area contributed by atoms with Crippen LogP contribution >= 0.6 is 0 Å². The summed E-state index contributed by atoms with van der Waals surface area (Å²) >= 11 is 0. The van der Waals surface area contributed by atoms with Crippen molar-refractivity contribution in [3.05, 3.63) is 29.3 Å². The minimum absolute atomic E-state index is 0.0371. The summed E-state index contributed by atoms with van der Waals surface area (Å²) in [7, 11) is 0. The number of nitrogens with one attached hydrogen (secondary N) is 1. The SMILES string of the molecule is CC(CN)C1(c2ccc3c(c2)CC(=O)N3)COC1. The smallest absolute Gasteiger partial charge is 0.228 e. The van der Waals surface area contributed by atoms with Crippen LogP contribution in [0.15, 0.2) is 18.2 Å². The van der Waals surface area contributed by atoms with Gasteiger partial charge in [-0.2, -0.15) is 0 Å². The Morgan fingerprint density at radius 3 is 2.89 bits per heavy atom. The van der Waals surface area contributed by atoms with Crippen LogP contribution in [0, 0.1) is 5.92 Å². The van der Waals surface area contributed by atoms with Crippen molar-refractivity contribution in [3.63, 3.8) is 0 Å². The van der Waals surface area contributed by atoms with E-state index in [0.717, 1.165) is 24.5 Å². The third-order valence-electron chi connectivity index (χ3n) is 4.32. The van der Waals surface area contributed by atoms with E-state index in [1.165, 1.54) is 5.56 Å². The predicted molar refractivity (Wildman–Crippen MR) is 69.5 cm³/mol. The van der Waals surface area contributed by atoms with Crippen LogP contribution in [-0.4, -0.2) is 25.7 Å². The van der Waals surface area contributed by atoms with Gasteiger partial charge in [-0.25, -0.2) is 0 Å². The first-order valence-corrected chi connectivity index (χ1v) is 6.37. The molecule has 1 aromatic rings. The molecule has 2 aliphatic heterocycles. The van der Waals surface area contributed by atoms with Gasteiger partial charge in [0, 0.05) is 11.1 Å². The van der Waals surface area contributed by atoms with Crippen molar-refractivity contribution >= 4 is 11.6 Å². The van der Waals surface area contributed by atoms with Crippen LogP contribution in [0.4, 0.5) is 5.69 Å². The first-order valence-electron chi connectivity index (χ1n) is 6.37. The Morgan fingerprint density at radius 2 is 2.28 bits per heavy atom. The van der Waals surface area contributed by atoms with Gasteiger partial charge in [0.1, 0.15) is 0 Å². The number of fused-ring (bicyclic) bond motifs is 1. The fraction of sp³-hybridized carbons (Fsp3) is 0.500. The predicted octanol–water partition coefficient (Wildman–Crippen LogP) is 1.04. The van der Waals surface area contributed by atoms with Gasteiger partial charge in [-0.3, -0.25) is 4.79 Å². The maximum Gasteiger partial charge on any atom is 0.228 e. The number of hydrogen-bond acceptors (Lipinski definition) is 3. The van der Waals surface area contributed by atoms with Gasteiger partial charge in [-0.15, -0.1) is 0 Å². The van der Waals surface area contributed by atoms with E-state index in [-0.39, 0.29) is 11.3 Å². The van der Waals surface area contributed by atoms with Crippen LogP contribution in [0.3, 0.4) is 0 Å². The zero-order chi connectivity index (χ0) is 12.8. The average Bonchev–Trinajstić information content (AvgIpc) is 2.66. The van der Waals surface area contributed by atoms with Gasteiger partial charge in [-0.1, -0.05) is 19.1 Å². The molecule has 2 heterocycles. The highest BCUT2D eigenvalue weighted by Gasteiger charge is 2.44. The van der Waals surface area contributed by atoms with E-state index in [1.807, 2.05) is 6.07 Å². The minimum atomic E-state index is 0.0371. The molecule has 0 saturated carbocycles. The van der Waals surface area contributed by atoms with E-state index in [0.29, 0.717) is 18.9 Å². The van der Waals surface area contributed by atoms with Crippen LogP contribution in [0.25, 0.3) is 0 Å². The topological polar surface area (TPSA) is 64.4 Å². The Hall–Kier alpha value is -1.39. The zero-order valence-electron chi connectivity index (χ0n) is 10.5. The number of carbonyl (C=O) groups is 1. The van der Waals surface area contributed by atoms with Crippen molar-refractivity contribution in [2.24, 2.45) is 11.7 Å². The third kappa shape index (κ3) is 1.56. The summed E-state index contributed by atoms with van der Waals surface area (Å²) < 4.78 is 5.42. The van der Waals surface area contributed by atoms with Crippen molar-refractivity contribution < 1.29 is 9.53 Å². The first-order chi connectivity index (χ1) is 8.65. The van der Waals surface area contributed by atoms with Gasteiger partial charge in [0.25, 0.3) is 0 Å². The molecule has 4 heteroatoms. The lowest BCUT2D eigenvalue weighted by atomic mass is 9.69. The molecule has 0 spiro atoms. The highest BCUT2D eigenvalue weighted by Crippen LogP contribution is 2.40. The van der Waals surface area contributed by atoms with Crippen LogP contribution in [0.5, 0.6) is 0 Å². The van der Waals surface area contributed by atoms with Gasteiger partial charge in [0.2, 0.25) is 5.91 Å². The summed E-state index contributed by atoms with van der Waals surface area (Å²) in [5, 5.41) is 2.86. The maximum absolute atomic E-state index is 11.4. The van der Waals surface area contributed by atoms with Crippen molar-refractivity contribution in [1.82, 2.24) is 0 Å².